The van der Waals surface area contributed by atoms with E-state index in [0.29, 0.717) is 11.3 Å². The quantitative estimate of drug-likeness (QED) is 0.158. The molecule has 6 heteroatoms. The predicted octanol–water partition coefficient (Wildman–Crippen LogP) is 5.13. The zero-order chi connectivity index (χ0) is 22.4. The summed E-state index contributed by atoms with van der Waals surface area (Å²) in [6.45, 7) is 4.16. The minimum absolute atomic E-state index is 0.00548. The zero-order valence-corrected chi connectivity index (χ0v) is 18.7. The second-order valence-electron chi connectivity index (χ2n) is 7.46. The fourth-order valence-corrected chi connectivity index (χ4v) is 3.05. The lowest BCUT2D eigenvalue weighted by Crippen LogP contribution is -2.20. The van der Waals surface area contributed by atoms with Crippen molar-refractivity contribution in [2.24, 2.45) is 5.92 Å². The third-order valence-corrected chi connectivity index (χ3v) is 4.99. The lowest BCUT2D eigenvalue weighted by Gasteiger charge is -2.12. The number of carbonyl (C=O) groups is 3. The Balaban J connectivity index is 2.54. The SMILES string of the molecule is CCCCCCCCCC(C)C(=O)Nc1ccc(C=C(C(=O)OC)C(=O)OC)cc1. The van der Waals surface area contributed by atoms with Crippen LogP contribution in [-0.2, 0) is 23.9 Å². The lowest BCUT2D eigenvalue weighted by molar-refractivity contribution is -0.143. The Hall–Kier alpha value is -2.63. The molecular formula is C24H35NO5. The molecule has 30 heavy (non-hydrogen) atoms. The minimum Gasteiger partial charge on any atom is -0.465 e. The first-order valence-electron chi connectivity index (χ1n) is 10.7. The molecule has 0 aliphatic carbocycles. The van der Waals surface area contributed by atoms with Gasteiger partial charge in [-0.05, 0) is 30.2 Å². The van der Waals surface area contributed by atoms with Gasteiger partial charge in [-0.2, -0.15) is 0 Å². The highest BCUT2D eigenvalue weighted by Gasteiger charge is 2.19. The van der Waals surface area contributed by atoms with Gasteiger partial charge in [0.2, 0.25) is 5.91 Å². The maximum Gasteiger partial charge on any atom is 0.345 e. The number of ether oxygens (including phenoxy) is 2. The summed E-state index contributed by atoms with van der Waals surface area (Å²) in [5, 5.41) is 2.92. The molecule has 0 aromatic heterocycles. The average Bonchev–Trinajstić information content (AvgIpc) is 2.76. The van der Waals surface area contributed by atoms with Gasteiger partial charge in [-0.15, -0.1) is 0 Å². The van der Waals surface area contributed by atoms with Gasteiger partial charge in [0.1, 0.15) is 5.57 Å². The largest absolute Gasteiger partial charge is 0.465 e. The molecule has 1 rings (SSSR count). The molecule has 0 aliphatic heterocycles. The zero-order valence-electron chi connectivity index (χ0n) is 18.7. The first-order chi connectivity index (χ1) is 14.4. The summed E-state index contributed by atoms with van der Waals surface area (Å²) in [5.74, 6) is -1.59. The monoisotopic (exact) mass is 417 g/mol. The van der Waals surface area contributed by atoms with Crippen LogP contribution in [-0.4, -0.2) is 32.1 Å². The van der Waals surface area contributed by atoms with E-state index in [4.69, 9.17) is 0 Å². The minimum atomic E-state index is -0.765. The van der Waals surface area contributed by atoms with Crippen LogP contribution in [0.2, 0.25) is 0 Å². The van der Waals surface area contributed by atoms with Crippen LogP contribution in [0, 0.1) is 5.92 Å². The Morgan fingerprint density at radius 1 is 0.900 bits per heavy atom. The maximum atomic E-state index is 12.4. The summed E-state index contributed by atoms with van der Waals surface area (Å²) in [7, 11) is 2.40. The molecule has 0 fully saturated rings. The van der Waals surface area contributed by atoms with Crippen LogP contribution in [0.25, 0.3) is 6.08 Å². The number of methoxy groups -OCH3 is 2. The second-order valence-corrected chi connectivity index (χ2v) is 7.46. The van der Waals surface area contributed by atoms with E-state index in [1.807, 2.05) is 6.92 Å². The van der Waals surface area contributed by atoms with Crippen molar-refractivity contribution in [3.05, 3.63) is 35.4 Å². The number of hydrogen-bond donors (Lipinski definition) is 1. The molecule has 1 N–H and O–H groups in total. The molecule has 0 aliphatic rings. The van der Waals surface area contributed by atoms with Crippen LogP contribution in [0.4, 0.5) is 5.69 Å². The highest BCUT2D eigenvalue weighted by molar-refractivity contribution is 6.17. The lowest BCUT2D eigenvalue weighted by atomic mass is 10.0. The number of nitrogens with one attached hydrogen (secondary N) is 1. The topological polar surface area (TPSA) is 81.7 Å². The number of esters is 2. The summed E-state index contributed by atoms with van der Waals surface area (Å²) in [6, 6.07) is 6.89. The predicted molar refractivity (Wildman–Crippen MR) is 119 cm³/mol. The van der Waals surface area contributed by atoms with Crippen molar-refractivity contribution in [3.8, 4) is 0 Å². The summed E-state index contributed by atoms with van der Waals surface area (Å²) >= 11 is 0. The molecule has 0 bridgehead atoms. The third kappa shape index (κ3) is 9.25. The van der Waals surface area contributed by atoms with Gasteiger partial charge in [-0.25, -0.2) is 9.59 Å². The summed E-state index contributed by atoms with van der Waals surface area (Å²) in [4.78, 5) is 35.9. The molecule has 0 saturated heterocycles. The normalized spacial score (nSPS) is 11.3. The molecule has 1 amide bonds. The van der Waals surface area contributed by atoms with Gasteiger partial charge < -0.3 is 14.8 Å². The number of carbonyl (C=O) groups excluding carboxylic acids is 3. The van der Waals surface area contributed by atoms with Crippen LogP contribution in [0.1, 0.15) is 70.8 Å². The van der Waals surface area contributed by atoms with E-state index >= 15 is 0 Å². The Kier molecular flexibility index (Phi) is 12.2. The van der Waals surface area contributed by atoms with Crippen LogP contribution >= 0.6 is 0 Å². The maximum absolute atomic E-state index is 12.4. The number of amides is 1. The molecule has 0 spiro atoms. The number of benzene rings is 1. The summed E-state index contributed by atoms with van der Waals surface area (Å²) in [5.41, 5.74) is 1.09. The Labute approximate surface area is 180 Å². The number of unbranched alkanes of at least 4 members (excludes halogenated alkanes) is 6. The van der Waals surface area contributed by atoms with Crippen molar-refractivity contribution in [3.63, 3.8) is 0 Å². The molecule has 0 radical (unpaired) electrons. The van der Waals surface area contributed by atoms with E-state index in [-0.39, 0.29) is 17.4 Å². The van der Waals surface area contributed by atoms with E-state index in [9.17, 15) is 14.4 Å². The number of rotatable bonds is 13. The van der Waals surface area contributed by atoms with Gasteiger partial charge in [0.15, 0.2) is 0 Å². The number of anilines is 1. The van der Waals surface area contributed by atoms with Crippen LogP contribution in [0.3, 0.4) is 0 Å². The fraction of sp³-hybridized carbons (Fsp3) is 0.542. The van der Waals surface area contributed by atoms with Gasteiger partial charge in [0.25, 0.3) is 0 Å². The van der Waals surface area contributed by atoms with Crippen LogP contribution in [0.5, 0.6) is 0 Å². The number of hydrogen-bond acceptors (Lipinski definition) is 5. The Morgan fingerprint density at radius 2 is 1.43 bits per heavy atom. The van der Waals surface area contributed by atoms with E-state index in [2.05, 4.69) is 21.7 Å². The van der Waals surface area contributed by atoms with Crippen molar-refractivity contribution >= 4 is 29.6 Å². The Bertz CT molecular complexity index is 691. The molecule has 1 aromatic carbocycles. The van der Waals surface area contributed by atoms with Gasteiger partial charge in [-0.3, -0.25) is 4.79 Å². The van der Waals surface area contributed by atoms with Crippen LogP contribution < -0.4 is 5.32 Å². The molecule has 6 nitrogen and oxygen atoms in total. The fourth-order valence-electron chi connectivity index (χ4n) is 3.05. The van der Waals surface area contributed by atoms with Crippen molar-refractivity contribution in [1.29, 1.82) is 0 Å². The molecule has 1 aromatic rings. The first-order valence-corrected chi connectivity index (χ1v) is 10.7. The van der Waals surface area contributed by atoms with Crippen molar-refractivity contribution < 1.29 is 23.9 Å². The summed E-state index contributed by atoms with van der Waals surface area (Å²) < 4.78 is 9.22. The highest BCUT2D eigenvalue weighted by Crippen LogP contribution is 2.17. The van der Waals surface area contributed by atoms with Crippen molar-refractivity contribution in [2.75, 3.05) is 19.5 Å². The standard InChI is InChI=1S/C24H35NO5/c1-5-6-7-8-9-10-11-12-18(2)22(26)25-20-15-13-19(14-16-20)17-21(23(27)29-3)24(28)30-4/h13-18H,5-12H2,1-4H3,(H,25,26). The Morgan fingerprint density at radius 3 is 1.97 bits per heavy atom. The van der Waals surface area contributed by atoms with Crippen LogP contribution in [0.15, 0.2) is 29.8 Å². The van der Waals surface area contributed by atoms with E-state index < -0.39 is 11.9 Å². The third-order valence-electron chi connectivity index (χ3n) is 4.99. The van der Waals surface area contributed by atoms with E-state index in [1.165, 1.54) is 58.8 Å². The molecule has 1 unspecified atom stereocenters. The van der Waals surface area contributed by atoms with Crippen molar-refractivity contribution in [2.45, 2.75) is 65.2 Å². The van der Waals surface area contributed by atoms with Crippen molar-refractivity contribution in [1.82, 2.24) is 0 Å². The average molecular weight is 418 g/mol. The second kappa shape index (κ2) is 14.4. The molecule has 0 heterocycles. The smallest absolute Gasteiger partial charge is 0.345 e. The van der Waals surface area contributed by atoms with Gasteiger partial charge >= 0.3 is 11.9 Å². The molecule has 0 saturated carbocycles. The molecule has 1 atom stereocenters. The molecule has 166 valence electrons. The molecular weight excluding hydrogens is 382 g/mol. The highest BCUT2D eigenvalue weighted by atomic mass is 16.5. The first kappa shape index (κ1) is 25.4. The summed E-state index contributed by atoms with van der Waals surface area (Å²) in [6.07, 6.45) is 10.9. The van der Waals surface area contributed by atoms with Gasteiger partial charge in [0.05, 0.1) is 14.2 Å². The van der Waals surface area contributed by atoms with E-state index in [1.54, 1.807) is 24.3 Å². The van der Waals surface area contributed by atoms with E-state index in [0.717, 1.165) is 12.8 Å². The van der Waals surface area contributed by atoms with Gasteiger partial charge in [-0.1, -0.05) is 70.9 Å². The van der Waals surface area contributed by atoms with Gasteiger partial charge in [0, 0.05) is 11.6 Å².